The molecule has 3 nitrogen and oxygen atoms in total. The van der Waals surface area contributed by atoms with E-state index in [0.29, 0.717) is 0 Å². The standard InChI is InChI=1S/C11H16N2O/c1-9-4-2-5-10(12-9)13-11(8-14)6-3-7-11/h2,4-5,14H,3,6-8H2,1H3,(H,12,13). The largest absolute Gasteiger partial charge is 0.394 e. The molecule has 2 rings (SSSR count). The fourth-order valence-corrected chi connectivity index (χ4v) is 1.81. The monoisotopic (exact) mass is 192 g/mol. The number of rotatable bonds is 3. The first-order chi connectivity index (χ1) is 6.74. The van der Waals surface area contributed by atoms with Gasteiger partial charge in [0.05, 0.1) is 12.1 Å². The van der Waals surface area contributed by atoms with Gasteiger partial charge in [0.15, 0.2) is 0 Å². The van der Waals surface area contributed by atoms with Gasteiger partial charge < -0.3 is 10.4 Å². The Morgan fingerprint density at radius 3 is 2.79 bits per heavy atom. The summed E-state index contributed by atoms with van der Waals surface area (Å²) >= 11 is 0. The van der Waals surface area contributed by atoms with Crippen molar-refractivity contribution < 1.29 is 5.11 Å². The Morgan fingerprint density at radius 1 is 1.50 bits per heavy atom. The van der Waals surface area contributed by atoms with Crippen LogP contribution in [-0.4, -0.2) is 22.2 Å². The molecule has 0 aliphatic heterocycles. The lowest BCUT2D eigenvalue weighted by molar-refractivity contribution is 0.144. The summed E-state index contributed by atoms with van der Waals surface area (Å²) in [5.41, 5.74) is 0.906. The van der Waals surface area contributed by atoms with Gasteiger partial charge in [0.1, 0.15) is 5.82 Å². The third-order valence-electron chi connectivity index (χ3n) is 2.89. The Kier molecular flexibility index (Phi) is 2.42. The highest BCUT2D eigenvalue weighted by atomic mass is 16.3. The van der Waals surface area contributed by atoms with Crippen molar-refractivity contribution in [2.24, 2.45) is 0 Å². The van der Waals surface area contributed by atoms with Crippen molar-refractivity contribution in [1.82, 2.24) is 4.98 Å². The number of aliphatic hydroxyl groups excluding tert-OH is 1. The van der Waals surface area contributed by atoms with Crippen molar-refractivity contribution in [1.29, 1.82) is 0 Å². The molecule has 0 amide bonds. The van der Waals surface area contributed by atoms with Crippen molar-refractivity contribution in [2.75, 3.05) is 11.9 Å². The number of nitrogens with one attached hydrogen (secondary N) is 1. The predicted octanol–water partition coefficient (Wildman–Crippen LogP) is 1.72. The van der Waals surface area contributed by atoms with E-state index in [1.165, 1.54) is 6.42 Å². The third kappa shape index (κ3) is 1.73. The average Bonchev–Trinajstić information content (AvgIpc) is 2.11. The first-order valence-corrected chi connectivity index (χ1v) is 5.07. The Morgan fingerprint density at radius 2 is 2.29 bits per heavy atom. The Hall–Kier alpha value is -1.09. The van der Waals surface area contributed by atoms with Crippen LogP contribution in [0, 0.1) is 6.92 Å². The molecule has 14 heavy (non-hydrogen) atoms. The van der Waals surface area contributed by atoms with E-state index in [4.69, 9.17) is 0 Å². The SMILES string of the molecule is Cc1cccc(NC2(CO)CCC2)n1. The number of hydrogen-bond donors (Lipinski definition) is 2. The summed E-state index contributed by atoms with van der Waals surface area (Å²) in [5, 5.41) is 12.6. The summed E-state index contributed by atoms with van der Waals surface area (Å²) in [5.74, 6) is 0.874. The molecule has 1 aromatic heterocycles. The minimum Gasteiger partial charge on any atom is -0.394 e. The molecule has 0 unspecified atom stereocenters. The summed E-state index contributed by atoms with van der Waals surface area (Å²) < 4.78 is 0. The smallest absolute Gasteiger partial charge is 0.126 e. The molecule has 1 fully saturated rings. The Bertz CT molecular complexity index is 315. The molecule has 1 aliphatic rings. The molecule has 2 N–H and O–H groups in total. The van der Waals surface area contributed by atoms with Crippen molar-refractivity contribution in [3.05, 3.63) is 23.9 Å². The van der Waals surface area contributed by atoms with Crippen LogP contribution in [0.5, 0.6) is 0 Å². The van der Waals surface area contributed by atoms with Gasteiger partial charge in [-0.25, -0.2) is 4.98 Å². The van der Waals surface area contributed by atoms with E-state index in [1.54, 1.807) is 0 Å². The van der Waals surface area contributed by atoms with Crippen molar-refractivity contribution in [3.8, 4) is 0 Å². The predicted molar refractivity (Wildman–Crippen MR) is 56.3 cm³/mol. The molecule has 1 saturated carbocycles. The number of aromatic nitrogens is 1. The van der Waals surface area contributed by atoms with Crippen LogP contribution in [0.1, 0.15) is 25.0 Å². The highest BCUT2D eigenvalue weighted by Gasteiger charge is 2.36. The summed E-state index contributed by atoms with van der Waals surface area (Å²) in [6, 6.07) is 5.90. The van der Waals surface area contributed by atoms with Crippen LogP contribution in [0.3, 0.4) is 0 Å². The summed E-state index contributed by atoms with van der Waals surface area (Å²) in [6.07, 6.45) is 3.28. The molecule has 3 heteroatoms. The first-order valence-electron chi connectivity index (χ1n) is 5.07. The molecular weight excluding hydrogens is 176 g/mol. The van der Waals surface area contributed by atoms with E-state index in [2.05, 4.69) is 10.3 Å². The molecule has 1 heterocycles. The lowest BCUT2D eigenvalue weighted by Gasteiger charge is -2.41. The third-order valence-corrected chi connectivity index (χ3v) is 2.89. The van der Waals surface area contributed by atoms with E-state index < -0.39 is 0 Å². The molecule has 1 aromatic rings. The van der Waals surface area contributed by atoms with E-state index >= 15 is 0 Å². The zero-order chi connectivity index (χ0) is 10.0. The van der Waals surface area contributed by atoms with E-state index in [9.17, 15) is 5.11 Å². The molecule has 1 aliphatic carbocycles. The molecule has 76 valence electrons. The minimum atomic E-state index is -0.0964. The second-order valence-corrected chi connectivity index (χ2v) is 4.08. The summed E-state index contributed by atoms with van der Waals surface area (Å²) in [7, 11) is 0. The van der Waals surface area contributed by atoms with Gasteiger partial charge in [-0.05, 0) is 38.3 Å². The molecule has 0 spiro atoms. The quantitative estimate of drug-likeness (QED) is 0.766. The van der Waals surface area contributed by atoms with Crippen LogP contribution in [-0.2, 0) is 0 Å². The number of nitrogens with zero attached hydrogens (tertiary/aromatic N) is 1. The summed E-state index contributed by atoms with van der Waals surface area (Å²) in [4.78, 5) is 4.37. The van der Waals surface area contributed by atoms with Crippen LogP contribution in [0.4, 0.5) is 5.82 Å². The topological polar surface area (TPSA) is 45.1 Å². The second kappa shape index (κ2) is 3.58. The Labute approximate surface area is 84.2 Å². The fourth-order valence-electron chi connectivity index (χ4n) is 1.81. The highest BCUT2D eigenvalue weighted by molar-refractivity contribution is 5.39. The number of hydrogen-bond acceptors (Lipinski definition) is 3. The normalized spacial score (nSPS) is 18.7. The molecule has 0 bridgehead atoms. The van der Waals surface area contributed by atoms with Crippen LogP contribution in [0.25, 0.3) is 0 Å². The van der Waals surface area contributed by atoms with Crippen LogP contribution >= 0.6 is 0 Å². The van der Waals surface area contributed by atoms with E-state index in [1.807, 2.05) is 25.1 Å². The van der Waals surface area contributed by atoms with Gasteiger partial charge in [-0.3, -0.25) is 0 Å². The lowest BCUT2D eigenvalue weighted by Crippen LogP contribution is -2.48. The maximum absolute atomic E-state index is 9.28. The van der Waals surface area contributed by atoms with E-state index in [-0.39, 0.29) is 12.1 Å². The van der Waals surface area contributed by atoms with Crippen molar-refractivity contribution in [3.63, 3.8) is 0 Å². The van der Waals surface area contributed by atoms with Gasteiger partial charge in [0.2, 0.25) is 0 Å². The summed E-state index contributed by atoms with van der Waals surface area (Å²) in [6.45, 7) is 2.17. The molecule has 0 atom stereocenters. The second-order valence-electron chi connectivity index (χ2n) is 4.08. The molecule has 0 saturated heterocycles. The molecule has 0 radical (unpaired) electrons. The number of anilines is 1. The van der Waals surface area contributed by atoms with Crippen molar-refractivity contribution in [2.45, 2.75) is 31.7 Å². The van der Waals surface area contributed by atoms with Crippen molar-refractivity contribution >= 4 is 5.82 Å². The average molecular weight is 192 g/mol. The first kappa shape index (κ1) is 9.46. The van der Waals surface area contributed by atoms with Gasteiger partial charge in [-0.2, -0.15) is 0 Å². The minimum absolute atomic E-state index is 0.0964. The van der Waals surface area contributed by atoms with Crippen LogP contribution < -0.4 is 5.32 Å². The van der Waals surface area contributed by atoms with Gasteiger partial charge in [-0.15, -0.1) is 0 Å². The fraction of sp³-hybridized carbons (Fsp3) is 0.545. The maximum atomic E-state index is 9.28. The number of aryl methyl sites for hydroxylation is 1. The highest BCUT2D eigenvalue weighted by Crippen LogP contribution is 2.34. The zero-order valence-electron chi connectivity index (χ0n) is 8.45. The van der Waals surface area contributed by atoms with Crippen LogP contribution in [0.2, 0.25) is 0 Å². The zero-order valence-corrected chi connectivity index (χ0v) is 8.45. The van der Waals surface area contributed by atoms with Gasteiger partial charge >= 0.3 is 0 Å². The molecular formula is C11H16N2O. The number of aliphatic hydroxyl groups is 1. The Balaban J connectivity index is 2.09. The van der Waals surface area contributed by atoms with Gasteiger partial charge in [0.25, 0.3) is 0 Å². The number of pyridine rings is 1. The maximum Gasteiger partial charge on any atom is 0.126 e. The van der Waals surface area contributed by atoms with E-state index in [0.717, 1.165) is 24.4 Å². The van der Waals surface area contributed by atoms with Gasteiger partial charge in [0, 0.05) is 5.69 Å². The molecule has 0 aromatic carbocycles. The van der Waals surface area contributed by atoms with Crippen LogP contribution in [0.15, 0.2) is 18.2 Å². The van der Waals surface area contributed by atoms with Gasteiger partial charge in [-0.1, -0.05) is 6.07 Å². The lowest BCUT2D eigenvalue weighted by atomic mass is 9.77.